The Hall–Kier alpha value is -3.01. The number of amides is 1. The van der Waals surface area contributed by atoms with Crippen molar-refractivity contribution < 1.29 is 14.3 Å². The van der Waals surface area contributed by atoms with Crippen molar-refractivity contribution in [1.82, 2.24) is 5.32 Å². The largest absolute Gasteiger partial charge is 0.454 e. The van der Waals surface area contributed by atoms with Crippen LogP contribution < -0.4 is 14.8 Å². The van der Waals surface area contributed by atoms with Gasteiger partial charge in [0.2, 0.25) is 6.79 Å². The molecule has 0 unspecified atom stereocenters. The van der Waals surface area contributed by atoms with Gasteiger partial charge in [0.05, 0.1) is 0 Å². The van der Waals surface area contributed by atoms with E-state index in [0.29, 0.717) is 23.6 Å². The summed E-state index contributed by atoms with van der Waals surface area (Å²) in [6, 6.07) is 19.6. The van der Waals surface area contributed by atoms with Gasteiger partial charge in [-0.25, -0.2) is 0 Å². The molecule has 1 heterocycles. The van der Waals surface area contributed by atoms with Crippen LogP contribution in [-0.2, 0) is 6.54 Å². The number of carbonyl (C=O) groups is 1. The first-order chi connectivity index (χ1) is 11.3. The lowest BCUT2D eigenvalue weighted by Gasteiger charge is -2.07. The molecule has 23 heavy (non-hydrogen) atoms. The van der Waals surface area contributed by atoms with Gasteiger partial charge in [-0.05, 0) is 40.6 Å². The fraction of sp³-hybridized carbons (Fsp3) is 0.105. The molecule has 1 N–H and O–H groups in total. The molecule has 4 heteroatoms. The number of benzene rings is 3. The highest BCUT2D eigenvalue weighted by atomic mass is 16.7. The van der Waals surface area contributed by atoms with E-state index in [1.54, 1.807) is 18.2 Å². The van der Waals surface area contributed by atoms with E-state index in [9.17, 15) is 4.79 Å². The lowest BCUT2D eigenvalue weighted by molar-refractivity contribution is 0.0950. The van der Waals surface area contributed by atoms with Gasteiger partial charge in [0.15, 0.2) is 11.5 Å². The van der Waals surface area contributed by atoms with Gasteiger partial charge in [0, 0.05) is 12.1 Å². The number of ether oxygens (including phenoxy) is 2. The van der Waals surface area contributed by atoms with E-state index in [0.717, 1.165) is 5.56 Å². The summed E-state index contributed by atoms with van der Waals surface area (Å²) in [5, 5.41) is 5.30. The third-order valence-corrected chi connectivity index (χ3v) is 3.90. The number of fused-ring (bicyclic) bond motifs is 2. The second-order valence-electron chi connectivity index (χ2n) is 5.43. The molecule has 0 spiro atoms. The Kier molecular flexibility index (Phi) is 3.35. The summed E-state index contributed by atoms with van der Waals surface area (Å²) in [6.45, 7) is 0.690. The van der Waals surface area contributed by atoms with E-state index >= 15 is 0 Å². The standard InChI is InChI=1S/C19H15NO3/c21-19(16-7-8-17-18(10-16)23-12-22-17)20-11-13-5-6-14-3-1-2-4-15(14)9-13/h1-10H,11-12H2,(H,20,21). The zero-order valence-electron chi connectivity index (χ0n) is 12.4. The molecule has 0 fully saturated rings. The summed E-state index contributed by atoms with van der Waals surface area (Å²) < 4.78 is 10.5. The minimum Gasteiger partial charge on any atom is -0.454 e. The lowest BCUT2D eigenvalue weighted by atomic mass is 10.1. The predicted molar refractivity (Wildman–Crippen MR) is 87.7 cm³/mol. The minimum absolute atomic E-state index is 0.128. The first-order valence-electron chi connectivity index (χ1n) is 7.45. The van der Waals surface area contributed by atoms with Crippen molar-refractivity contribution in [3.05, 3.63) is 71.8 Å². The number of hydrogen-bond acceptors (Lipinski definition) is 3. The maximum Gasteiger partial charge on any atom is 0.251 e. The highest BCUT2D eigenvalue weighted by molar-refractivity contribution is 5.95. The Bertz CT molecular complexity index is 889. The van der Waals surface area contributed by atoms with E-state index in [1.807, 2.05) is 18.2 Å². The summed E-state index contributed by atoms with van der Waals surface area (Å²) in [7, 11) is 0. The number of hydrogen-bond donors (Lipinski definition) is 1. The molecule has 1 aliphatic rings. The van der Waals surface area contributed by atoms with Crippen molar-refractivity contribution >= 4 is 16.7 Å². The van der Waals surface area contributed by atoms with Gasteiger partial charge in [0.25, 0.3) is 5.91 Å². The third kappa shape index (κ3) is 2.71. The van der Waals surface area contributed by atoms with Crippen molar-refractivity contribution in [2.24, 2.45) is 0 Å². The van der Waals surface area contributed by atoms with E-state index in [-0.39, 0.29) is 12.7 Å². The van der Waals surface area contributed by atoms with Crippen LogP contribution in [0.2, 0.25) is 0 Å². The molecule has 1 aliphatic heterocycles. The molecule has 3 aromatic rings. The monoisotopic (exact) mass is 305 g/mol. The van der Waals surface area contributed by atoms with Gasteiger partial charge in [-0.2, -0.15) is 0 Å². The van der Waals surface area contributed by atoms with E-state index in [4.69, 9.17) is 9.47 Å². The van der Waals surface area contributed by atoms with Gasteiger partial charge in [-0.15, -0.1) is 0 Å². The molecule has 114 valence electrons. The van der Waals surface area contributed by atoms with Crippen molar-refractivity contribution in [3.8, 4) is 11.5 Å². The van der Waals surface area contributed by atoms with Crippen LogP contribution in [-0.4, -0.2) is 12.7 Å². The fourth-order valence-corrected chi connectivity index (χ4v) is 2.67. The molecule has 4 rings (SSSR count). The van der Waals surface area contributed by atoms with Crippen LogP contribution >= 0.6 is 0 Å². The van der Waals surface area contributed by atoms with Gasteiger partial charge < -0.3 is 14.8 Å². The van der Waals surface area contributed by atoms with E-state index in [1.165, 1.54) is 10.8 Å². The minimum atomic E-state index is -0.128. The zero-order valence-corrected chi connectivity index (χ0v) is 12.4. The zero-order chi connectivity index (χ0) is 15.6. The van der Waals surface area contributed by atoms with Crippen LogP contribution in [0.4, 0.5) is 0 Å². The summed E-state index contributed by atoms with van der Waals surface area (Å²) in [4.78, 5) is 12.3. The molecule has 1 amide bonds. The maximum absolute atomic E-state index is 12.3. The maximum atomic E-state index is 12.3. The molecule has 0 aliphatic carbocycles. The summed E-state index contributed by atoms with van der Waals surface area (Å²) in [6.07, 6.45) is 0. The molecule has 0 saturated carbocycles. The fourth-order valence-electron chi connectivity index (χ4n) is 2.67. The van der Waals surface area contributed by atoms with Gasteiger partial charge in [0.1, 0.15) is 0 Å². The van der Waals surface area contributed by atoms with Crippen LogP contribution in [0.5, 0.6) is 11.5 Å². The van der Waals surface area contributed by atoms with Crippen molar-refractivity contribution in [2.75, 3.05) is 6.79 Å². The number of nitrogens with one attached hydrogen (secondary N) is 1. The smallest absolute Gasteiger partial charge is 0.251 e. The molecule has 4 nitrogen and oxygen atoms in total. The van der Waals surface area contributed by atoms with Gasteiger partial charge in [-0.1, -0.05) is 36.4 Å². The van der Waals surface area contributed by atoms with E-state index in [2.05, 4.69) is 29.6 Å². The molecule has 0 bridgehead atoms. The normalized spacial score (nSPS) is 12.3. The molecular weight excluding hydrogens is 290 g/mol. The topological polar surface area (TPSA) is 47.6 Å². The Morgan fingerprint density at radius 1 is 0.913 bits per heavy atom. The van der Waals surface area contributed by atoms with Crippen LogP contribution in [0.3, 0.4) is 0 Å². The Labute approximate surface area is 133 Å². The summed E-state index contributed by atoms with van der Waals surface area (Å²) in [5.74, 6) is 1.16. The van der Waals surface area contributed by atoms with E-state index < -0.39 is 0 Å². The first-order valence-corrected chi connectivity index (χ1v) is 7.45. The number of carbonyl (C=O) groups excluding carboxylic acids is 1. The Morgan fingerprint density at radius 3 is 2.65 bits per heavy atom. The Morgan fingerprint density at radius 2 is 1.74 bits per heavy atom. The van der Waals surface area contributed by atoms with Gasteiger partial charge >= 0.3 is 0 Å². The third-order valence-electron chi connectivity index (χ3n) is 3.90. The molecule has 0 atom stereocenters. The predicted octanol–water partition coefficient (Wildman–Crippen LogP) is 3.50. The van der Waals surface area contributed by atoms with Crippen LogP contribution in [0.1, 0.15) is 15.9 Å². The van der Waals surface area contributed by atoms with Crippen LogP contribution in [0, 0.1) is 0 Å². The molecule has 0 saturated heterocycles. The van der Waals surface area contributed by atoms with Gasteiger partial charge in [-0.3, -0.25) is 4.79 Å². The quantitative estimate of drug-likeness (QED) is 0.805. The second kappa shape index (κ2) is 5.65. The highest BCUT2D eigenvalue weighted by Crippen LogP contribution is 2.32. The van der Waals surface area contributed by atoms with Crippen molar-refractivity contribution in [2.45, 2.75) is 6.54 Å². The average Bonchev–Trinajstić information content (AvgIpc) is 3.07. The lowest BCUT2D eigenvalue weighted by Crippen LogP contribution is -2.22. The second-order valence-corrected chi connectivity index (χ2v) is 5.43. The first kappa shape index (κ1) is 13.6. The molecule has 0 radical (unpaired) electrons. The molecular formula is C19H15NO3. The number of rotatable bonds is 3. The summed E-state index contributed by atoms with van der Waals surface area (Å²) in [5.41, 5.74) is 1.63. The van der Waals surface area contributed by atoms with Crippen molar-refractivity contribution in [3.63, 3.8) is 0 Å². The van der Waals surface area contributed by atoms with Crippen LogP contribution in [0.15, 0.2) is 60.7 Å². The SMILES string of the molecule is O=C(NCc1ccc2ccccc2c1)c1ccc2c(c1)OCO2. The summed E-state index contributed by atoms with van der Waals surface area (Å²) >= 11 is 0. The Balaban J connectivity index is 1.48. The molecule has 0 aromatic heterocycles. The molecule has 3 aromatic carbocycles. The van der Waals surface area contributed by atoms with Crippen molar-refractivity contribution in [1.29, 1.82) is 0 Å². The highest BCUT2D eigenvalue weighted by Gasteiger charge is 2.16. The van der Waals surface area contributed by atoms with Crippen LogP contribution in [0.25, 0.3) is 10.8 Å². The average molecular weight is 305 g/mol.